The van der Waals surface area contributed by atoms with Crippen LogP contribution < -0.4 is 10.6 Å². The number of carbonyl (C=O) groups excluding carboxylic acids is 6. The number of rotatable bonds is 0. The lowest BCUT2D eigenvalue weighted by Crippen LogP contribution is -2.19. The third-order valence-electron chi connectivity index (χ3n) is 4.29. The van der Waals surface area contributed by atoms with Crippen molar-refractivity contribution in [2.45, 2.75) is 25.7 Å². The van der Waals surface area contributed by atoms with Crippen LogP contribution in [0.2, 0.25) is 0 Å². The molecule has 0 spiro atoms. The molecule has 0 bridgehead atoms. The summed E-state index contributed by atoms with van der Waals surface area (Å²) >= 11 is 20.7. The van der Waals surface area contributed by atoms with Gasteiger partial charge in [-0.15, -0.1) is 0 Å². The average molecular weight is 588 g/mol. The molecular weight excluding hydrogens is 570 g/mol. The maximum atomic E-state index is 10.8. The molecule has 12 nitrogen and oxygen atoms in total. The highest BCUT2D eigenvalue weighted by atomic mass is 35.5. The average Bonchev–Trinajstić information content (AvgIpc) is 3.56. The number of hydrogen-bond acceptors (Lipinski definition) is 10. The van der Waals surface area contributed by atoms with Crippen LogP contribution in [0.4, 0.5) is 0 Å². The van der Waals surface area contributed by atoms with Crippen LogP contribution in [-0.4, -0.2) is 68.5 Å². The first-order chi connectivity index (χ1) is 16.7. The van der Waals surface area contributed by atoms with Gasteiger partial charge in [-0.2, -0.15) is 0 Å². The van der Waals surface area contributed by atoms with Crippen molar-refractivity contribution in [3.8, 4) is 0 Å². The number of aliphatic hydroxyl groups excluding tert-OH is 4. The fraction of sp³-hybridized carbons (Fsp3) is 0.300. The van der Waals surface area contributed by atoms with Crippen LogP contribution in [0.3, 0.4) is 0 Å². The molecule has 0 unspecified atom stereocenters. The highest BCUT2D eigenvalue weighted by molar-refractivity contribution is 6.56. The maximum Gasteiger partial charge on any atom is 0.244 e. The molecule has 4 rings (SSSR count). The van der Waals surface area contributed by atoms with E-state index in [0.29, 0.717) is 0 Å². The van der Waals surface area contributed by atoms with E-state index in [4.69, 9.17) is 66.8 Å². The number of aliphatic hydroxyl groups is 4. The Morgan fingerprint density at radius 3 is 0.806 bits per heavy atom. The number of amides is 2. The molecule has 2 saturated heterocycles. The Morgan fingerprint density at radius 2 is 0.694 bits per heavy atom. The van der Waals surface area contributed by atoms with Crippen molar-refractivity contribution in [1.29, 1.82) is 0 Å². The summed E-state index contributed by atoms with van der Waals surface area (Å²) in [5.74, 6) is -7.58. The zero-order valence-electron chi connectivity index (χ0n) is 18.0. The van der Waals surface area contributed by atoms with E-state index < -0.39 is 66.3 Å². The van der Waals surface area contributed by atoms with Crippen LogP contribution in [0, 0.1) is 0 Å². The SMILES string of the molecule is O=C1C(O)=C(Cl)C(=O)C(O)=C1Cl.O=C1C(O)=C(Cl)C(=O)C(O)=C1Cl.O=C1CCCN1.O=C1CCCN1. The predicted molar refractivity (Wildman–Crippen MR) is 127 cm³/mol. The van der Waals surface area contributed by atoms with Crippen molar-refractivity contribution in [3.05, 3.63) is 43.2 Å². The first-order valence-corrected chi connectivity index (χ1v) is 11.3. The van der Waals surface area contributed by atoms with E-state index in [9.17, 15) is 28.8 Å². The molecule has 2 amide bonds. The lowest BCUT2D eigenvalue weighted by Gasteiger charge is -2.08. The number of hydrogen-bond donors (Lipinski definition) is 6. The van der Waals surface area contributed by atoms with Crippen molar-refractivity contribution in [2.75, 3.05) is 13.1 Å². The van der Waals surface area contributed by atoms with E-state index in [1.807, 2.05) is 0 Å². The van der Waals surface area contributed by atoms with E-state index in [0.717, 1.165) is 38.8 Å². The Hall–Kier alpha value is -3.06. The van der Waals surface area contributed by atoms with Gasteiger partial charge >= 0.3 is 0 Å². The van der Waals surface area contributed by atoms with E-state index >= 15 is 0 Å². The van der Waals surface area contributed by atoms with Crippen LogP contribution in [0.25, 0.3) is 0 Å². The number of Topliss-reactive ketones (excluding diaryl/α,β-unsaturated/α-hetero) is 4. The normalized spacial score (nSPS) is 19.8. The van der Waals surface area contributed by atoms with E-state index in [1.165, 1.54) is 0 Å². The highest BCUT2D eigenvalue weighted by Crippen LogP contribution is 2.27. The quantitative estimate of drug-likeness (QED) is 0.227. The zero-order chi connectivity index (χ0) is 27.7. The fourth-order valence-corrected chi connectivity index (χ4v) is 3.08. The summed E-state index contributed by atoms with van der Waals surface area (Å²) in [5, 5.41) is 37.9. The molecule has 0 aromatic rings. The van der Waals surface area contributed by atoms with Gasteiger partial charge in [0.2, 0.25) is 34.9 Å². The summed E-state index contributed by atoms with van der Waals surface area (Å²) in [4.78, 5) is 63.5. The third kappa shape index (κ3) is 7.98. The number of ketones is 4. The zero-order valence-corrected chi connectivity index (χ0v) is 21.0. The smallest absolute Gasteiger partial charge is 0.244 e. The van der Waals surface area contributed by atoms with Crippen molar-refractivity contribution in [2.24, 2.45) is 0 Å². The molecule has 2 aliphatic heterocycles. The lowest BCUT2D eigenvalue weighted by atomic mass is 10.1. The summed E-state index contributed by atoms with van der Waals surface area (Å²) in [6, 6.07) is 0. The van der Waals surface area contributed by atoms with Crippen LogP contribution in [0.15, 0.2) is 43.2 Å². The van der Waals surface area contributed by atoms with Crippen molar-refractivity contribution < 1.29 is 49.2 Å². The molecule has 0 radical (unpaired) electrons. The second kappa shape index (κ2) is 13.9. The van der Waals surface area contributed by atoms with Crippen LogP contribution in [-0.2, 0) is 28.8 Å². The van der Waals surface area contributed by atoms with Crippen LogP contribution in [0.1, 0.15) is 25.7 Å². The minimum Gasteiger partial charge on any atom is -0.503 e. The second-order valence-corrected chi connectivity index (χ2v) is 8.39. The summed E-state index contributed by atoms with van der Waals surface area (Å²) < 4.78 is 0. The van der Waals surface area contributed by atoms with Gasteiger partial charge in [-0.1, -0.05) is 46.4 Å². The molecule has 0 aromatic carbocycles. The molecule has 6 N–H and O–H groups in total. The second-order valence-electron chi connectivity index (χ2n) is 6.87. The first kappa shape index (κ1) is 31.0. The molecule has 4 aliphatic rings. The number of carbonyl (C=O) groups is 6. The topological polar surface area (TPSA) is 207 Å². The monoisotopic (exact) mass is 586 g/mol. The largest absolute Gasteiger partial charge is 0.503 e. The minimum atomic E-state index is -1.06. The lowest BCUT2D eigenvalue weighted by molar-refractivity contribution is -0.119. The molecule has 196 valence electrons. The highest BCUT2D eigenvalue weighted by Gasteiger charge is 2.34. The van der Waals surface area contributed by atoms with Gasteiger partial charge < -0.3 is 31.1 Å². The molecule has 0 saturated carbocycles. The number of nitrogens with one attached hydrogen (secondary N) is 2. The maximum absolute atomic E-state index is 10.8. The Kier molecular flexibility index (Phi) is 11.9. The van der Waals surface area contributed by atoms with Crippen molar-refractivity contribution >= 4 is 81.4 Å². The molecule has 2 heterocycles. The molecular formula is C20H18Cl4N2O10. The van der Waals surface area contributed by atoms with Gasteiger partial charge in [-0.05, 0) is 12.8 Å². The molecule has 2 fully saturated rings. The predicted octanol–water partition coefficient (Wildman–Crippen LogP) is 2.10. The number of allylic oxidation sites excluding steroid dienone is 4. The van der Waals surface area contributed by atoms with Gasteiger partial charge in [0.25, 0.3) is 0 Å². The van der Waals surface area contributed by atoms with Gasteiger partial charge in [0.15, 0.2) is 23.0 Å². The first-order valence-electron chi connectivity index (χ1n) is 9.79. The van der Waals surface area contributed by atoms with E-state index in [-0.39, 0.29) is 11.8 Å². The number of halogens is 4. The van der Waals surface area contributed by atoms with Gasteiger partial charge in [0.1, 0.15) is 20.1 Å². The minimum absolute atomic E-state index is 0.204. The van der Waals surface area contributed by atoms with Gasteiger partial charge in [0, 0.05) is 25.9 Å². The summed E-state index contributed by atoms with van der Waals surface area (Å²) in [7, 11) is 0. The van der Waals surface area contributed by atoms with E-state index in [2.05, 4.69) is 10.6 Å². The molecule has 0 atom stereocenters. The molecule has 0 aromatic heterocycles. The van der Waals surface area contributed by atoms with Gasteiger partial charge in [0.05, 0.1) is 0 Å². The van der Waals surface area contributed by atoms with Crippen LogP contribution in [0.5, 0.6) is 0 Å². The third-order valence-corrected chi connectivity index (χ3v) is 5.70. The molecule has 36 heavy (non-hydrogen) atoms. The Balaban J connectivity index is 0.000000252. The molecule has 16 heteroatoms. The Morgan fingerprint density at radius 1 is 0.472 bits per heavy atom. The van der Waals surface area contributed by atoms with Gasteiger partial charge in [-0.25, -0.2) is 0 Å². The van der Waals surface area contributed by atoms with Crippen molar-refractivity contribution in [1.82, 2.24) is 10.6 Å². The summed E-state index contributed by atoms with van der Waals surface area (Å²) in [6.07, 6.45) is 3.53. The Labute approximate surface area is 222 Å². The summed E-state index contributed by atoms with van der Waals surface area (Å²) in [6.45, 7) is 1.78. The van der Waals surface area contributed by atoms with E-state index in [1.54, 1.807) is 0 Å². The Bertz CT molecular complexity index is 909. The standard InChI is InChI=1S/2C6H2Cl2O4.2C4H7NO/c2*7-1-3(9)5(11)2(8)6(12)4(1)10;2*6-4-2-1-3-5-4/h2*9,12H;2*1-3H2,(H,5,6). The summed E-state index contributed by atoms with van der Waals surface area (Å²) in [5.41, 5.74) is 0. The van der Waals surface area contributed by atoms with Crippen molar-refractivity contribution in [3.63, 3.8) is 0 Å². The van der Waals surface area contributed by atoms with Gasteiger partial charge in [-0.3, -0.25) is 28.8 Å². The fourth-order valence-electron chi connectivity index (χ4n) is 2.37. The van der Waals surface area contributed by atoms with Crippen LogP contribution >= 0.6 is 46.4 Å². The molecule has 2 aliphatic carbocycles.